The van der Waals surface area contributed by atoms with Crippen LogP contribution in [0, 0.1) is 6.92 Å². The van der Waals surface area contributed by atoms with E-state index < -0.39 is 11.2 Å². The summed E-state index contributed by atoms with van der Waals surface area (Å²) in [5, 5.41) is 0. The average molecular weight is 398 g/mol. The van der Waals surface area contributed by atoms with E-state index in [9.17, 15) is 14.4 Å². The highest BCUT2D eigenvalue weighted by atomic mass is 16.2. The molecule has 0 unspecified atom stereocenters. The molecule has 154 valence electrons. The van der Waals surface area contributed by atoms with E-state index in [2.05, 4.69) is 20.9 Å². The van der Waals surface area contributed by atoms with Crippen LogP contribution < -0.4 is 16.1 Å². The molecule has 4 heterocycles. The van der Waals surface area contributed by atoms with Crippen molar-refractivity contribution in [3.05, 3.63) is 50.7 Å². The first-order valence-electron chi connectivity index (χ1n) is 10.2. The molecule has 29 heavy (non-hydrogen) atoms. The van der Waals surface area contributed by atoms with Gasteiger partial charge in [0.25, 0.3) is 5.56 Å². The van der Waals surface area contributed by atoms with Gasteiger partial charge in [0.05, 0.1) is 0 Å². The lowest BCUT2D eigenvalue weighted by Gasteiger charge is -2.32. The van der Waals surface area contributed by atoms with Gasteiger partial charge in [0.1, 0.15) is 18.2 Å². The second-order valence-electron chi connectivity index (χ2n) is 7.81. The molecule has 9 heteroatoms. The number of anilines is 1. The minimum atomic E-state index is -0.566. The highest BCUT2D eigenvalue weighted by Gasteiger charge is 2.27. The zero-order valence-corrected chi connectivity index (χ0v) is 16.6. The third-order valence-corrected chi connectivity index (χ3v) is 5.70. The Morgan fingerprint density at radius 2 is 1.86 bits per heavy atom. The van der Waals surface area contributed by atoms with Crippen LogP contribution >= 0.6 is 0 Å². The van der Waals surface area contributed by atoms with Crippen LogP contribution in [0.2, 0.25) is 0 Å². The molecule has 2 fully saturated rings. The molecular weight excluding hydrogens is 372 g/mol. The van der Waals surface area contributed by atoms with Crippen molar-refractivity contribution in [3.8, 4) is 0 Å². The van der Waals surface area contributed by atoms with Gasteiger partial charge in [-0.25, -0.2) is 14.8 Å². The van der Waals surface area contributed by atoms with Gasteiger partial charge < -0.3 is 9.80 Å². The van der Waals surface area contributed by atoms with Gasteiger partial charge in [0, 0.05) is 56.1 Å². The SMILES string of the molecule is Cc1cc(N2CCCC2)nc(C2CCN(C(=O)Cn3ccc(=O)[nH]c3=O)CC2)n1. The molecule has 4 rings (SSSR count). The quantitative estimate of drug-likeness (QED) is 0.811. The van der Waals surface area contributed by atoms with Crippen LogP contribution in [0.1, 0.15) is 43.1 Å². The lowest BCUT2D eigenvalue weighted by atomic mass is 9.95. The van der Waals surface area contributed by atoms with Gasteiger partial charge in [0.2, 0.25) is 5.91 Å². The number of carbonyl (C=O) groups excluding carboxylic acids is 1. The molecule has 2 aliphatic heterocycles. The first-order chi connectivity index (χ1) is 14.0. The van der Waals surface area contributed by atoms with E-state index in [1.165, 1.54) is 29.7 Å². The van der Waals surface area contributed by atoms with Crippen molar-refractivity contribution in [2.24, 2.45) is 0 Å². The molecule has 1 amide bonds. The van der Waals surface area contributed by atoms with E-state index in [4.69, 9.17) is 4.98 Å². The highest BCUT2D eigenvalue weighted by Crippen LogP contribution is 2.28. The van der Waals surface area contributed by atoms with Crippen molar-refractivity contribution >= 4 is 11.7 Å². The lowest BCUT2D eigenvalue weighted by Crippen LogP contribution is -2.42. The Kier molecular flexibility index (Phi) is 5.46. The zero-order chi connectivity index (χ0) is 20.4. The van der Waals surface area contributed by atoms with E-state index in [-0.39, 0.29) is 18.4 Å². The van der Waals surface area contributed by atoms with Crippen molar-refractivity contribution in [1.29, 1.82) is 0 Å². The van der Waals surface area contributed by atoms with Crippen LogP contribution in [0.25, 0.3) is 0 Å². The third kappa shape index (κ3) is 4.38. The molecule has 0 aliphatic carbocycles. The fraction of sp³-hybridized carbons (Fsp3) is 0.550. The summed E-state index contributed by atoms with van der Waals surface area (Å²) in [6.07, 6.45) is 5.37. The monoisotopic (exact) mass is 398 g/mol. The van der Waals surface area contributed by atoms with Crippen molar-refractivity contribution in [2.75, 3.05) is 31.1 Å². The minimum absolute atomic E-state index is 0.0691. The average Bonchev–Trinajstić information content (AvgIpc) is 3.25. The number of rotatable bonds is 4. The van der Waals surface area contributed by atoms with Gasteiger partial charge in [-0.1, -0.05) is 0 Å². The summed E-state index contributed by atoms with van der Waals surface area (Å²) in [4.78, 5) is 51.3. The molecule has 2 aliphatic rings. The number of H-pyrrole nitrogens is 1. The van der Waals surface area contributed by atoms with Crippen molar-refractivity contribution in [3.63, 3.8) is 0 Å². The molecule has 1 N–H and O–H groups in total. The van der Waals surface area contributed by atoms with Crippen LogP contribution in [-0.4, -0.2) is 56.5 Å². The minimum Gasteiger partial charge on any atom is -0.357 e. The number of aromatic amines is 1. The predicted octanol–water partition coefficient (Wildman–Crippen LogP) is 0.641. The number of piperidine rings is 1. The molecule has 2 saturated heterocycles. The number of hydrogen-bond donors (Lipinski definition) is 1. The fourth-order valence-corrected chi connectivity index (χ4v) is 4.07. The zero-order valence-electron chi connectivity index (χ0n) is 16.6. The standard InChI is InChI=1S/C20H26N6O3/c1-14-12-16(24-7-2-3-8-24)22-19(21-14)15-4-9-25(10-5-15)18(28)13-26-11-6-17(27)23-20(26)29/h6,11-12,15H,2-5,7-10,13H2,1H3,(H,23,27,29). The number of carbonyl (C=O) groups is 1. The van der Waals surface area contributed by atoms with E-state index >= 15 is 0 Å². The molecule has 2 aromatic rings. The molecule has 0 saturated carbocycles. The Labute approximate surface area is 168 Å². The van der Waals surface area contributed by atoms with E-state index in [1.807, 2.05) is 6.92 Å². The second-order valence-corrected chi connectivity index (χ2v) is 7.81. The first kappa shape index (κ1) is 19.4. The van der Waals surface area contributed by atoms with E-state index in [0.717, 1.165) is 43.3 Å². The summed E-state index contributed by atoms with van der Waals surface area (Å²) in [6.45, 7) is 5.25. The number of likely N-dealkylation sites (tertiary alicyclic amines) is 1. The van der Waals surface area contributed by atoms with Gasteiger partial charge in [-0.05, 0) is 32.6 Å². The smallest absolute Gasteiger partial charge is 0.328 e. The predicted molar refractivity (Wildman–Crippen MR) is 108 cm³/mol. The Hall–Kier alpha value is -2.97. The number of aryl methyl sites for hydroxylation is 1. The van der Waals surface area contributed by atoms with Crippen LogP contribution in [0.5, 0.6) is 0 Å². The van der Waals surface area contributed by atoms with Gasteiger partial charge in [-0.15, -0.1) is 0 Å². The molecular formula is C20H26N6O3. The molecule has 0 radical (unpaired) electrons. The highest BCUT2D eigenvalue weighted by molar-refractivity contribution is 5.76. The molecule has 0 aromatic carbocycles. The van der Waals surface area contributed by atoms with Gasteiger partial charge >= 0.3 is 5.69 Å². The maximum Gasteiger partial charge on any atom is 0.328 e. The number of nitrogens with zero attached hydrogens (tertiary/aromatic N) is 5. The van der Waals surface area contributed by atoms with Gasteiger partial charge in [-0.3, -0.25) is 19.1 Å². The maximum atomic E-state index is 12.6. The van der Waals surface area contributed by atoms with Crippen molar-refractivity contribution in [1.82, 2.24) is 24.4 Å². The summed E-state index contributed by atoms with van der Waals surface area (Å²) < 4.78 is 1.22. The van der Waals surface area contributed by atoms with Crippen molar-refractivity contribution in [2.45, 2.75) is 45.1 Å². The Morgan fingerprint density at radius 3 is 2.55 bits per heavy atom. The first-order valence-corrected chi connectivity index (χ1v) is 10.2. The largest absolute Gasteiger partial charge is 0.357 e. The maximum absolute atomic E-state index is 12.6. The fourth-order valence-electron chi connectivity index (χ4n) is 4.07. The summed E-state index contributed by atoms with van der Waals surface area (Å²) in [7, 11) is 0. The Morgan fingerprint density at radius 1 is 1.14 bits per heavy atom. The van der Waals surface area contributed by atoms with E-state index in [0.29, 0.717) is 13.1 Å². The number of hydrogen-bond acceptors (Lipinski definition) is 6. The van der Waals surface area contributed by atoms with Crippen LogP contribution in [0.15, 0.2) is 27.9 Å². The number of aromatic nitrogens is 4. The topological polar surface area (TPSA) is 104 Å². The summed E-state index contributed by atoms with van der Waals surface area (Å²) in [5.41, 5.74) is -0.0536. The molecule has 0 bridgehead atoms. The second kappa shape index (κ2) is 8.18. The number of amides is 1. The Bertz CT molecular complexity index is 1000. The normalized spacial score (nSPS) is 17.7. The third-order valence-electron chi connectivity index (χ3n) is 5.70. The van der Waals surface area contributed by atoms with Crippen molar-refractivity contribution < 1.29 is 4.79 Å². The summed E-state index contributed by atoms with van der Waals surface area (Å²) in [5.74, 6) is 1.99. The van der Waals surface area contributed by atoms with Gasteiger partial charge in [-0.2, -0.15) is 0 Å². The molecule has 0 atom stereocenters. The number of nitrogens with one attached hydrogen (secondary N) is 1. The van der Waals surface area contributed by atoms with E-state index in [1.54, 1.807) is 4.90 Å². The summed E-state index contributed by atoms with van der Waals surface area (Å²) in [6, 6.07) is 3.29. The molecule has 2 aromatic heterocycles. The molecule has 0 spiro atoms. The molecule has 9 nitrogen and oxygen atoms in total. The lowest BCUT2D eigenvalue weighted by molar-refractivity contribution is -0.133. The van der Waals surface area contributed by atoms with Crippen LogP contribution in [-0.2, 0) is 11.3 Å². The summed E-state index contributed by atoms with van der Waals surface area (Å²) >= 11 is 0. The van der Waals surface area contributed by atoms with Gasteiger partial charge in [0.15, 0.2) is 0 Å². The Balaban J connectivity index is 1.39. The van der Waals surface area contributed by atoms with Crippen LogP contribution in [0.3, 0.4) is 0 Å². The van der Waals surface area contributed by atoms with Crippen LogP contribution in [0.4, 0.5) is 5.82 Å².